The van der Waals surface area contributed by atoms with Crippen molar-refractivity contribution < 1.29 is 14.2 Å². The van der Waals surface area contributed by atoms with Gasteiger partial charge in [0.15, 0.2) is 0 Å². The number of rotatable bonds is 6. The summed E-state index contributed by atoms with van der Waals surface area (Å²) in [4.78, 5) is 0. The van der Waals surface area contributed by atoms with Gasteiger partial charge in [0, 0.05) is 13.0 Å². The van der Waals surface area contributed by atoms with Crippen LogP contribution in [-0.4, -0.2) is 29.5 Å². The Hall–Kier alpha value is -0.970. The number of benzene rings is 1. The number of hydrogen-bond acceptors (Lipinski definition) is 3. The molecule has 102 valence electrons. The van der Waals surface area contributed by atoms with Gasteiger partial charge < -0.3 is 15.6 Å². The first-order valence-corrected chi connectivity index (χ1v) is 6.17. The Morgan fingerprint density at radius 3 is 2.61 bits per heavy atom. The number of nitrogens with two attached hydrogens (primary N) is 1. The van der Waals surface area contributed by atoms with Crippen molar-refractivity contribution in [2.45, 2.75) is 45.0 Å². The van der Waals surface area contributed by atoms with Crippen LogP contribution in [0.5, 0.6) is 0 Å². The molecule has 0 aromatic heterocycles. The van der Waals surface area contributed by atoms with Crippen molar-refractivity contribution in [3.63, 3.8) is 0 Å². The molecule has 0 radical (unpaired) electrons. The zero-order chi connectivity index (χ0) is 13.8. The number of aliphatic hydroxyl groups is 1. The highest BCUT2D eigenvalue weighted by Gasteiger charge is 2.28. The third-order valence-electron chi connectivity index (χ3n) is 3.05. The Bertz CT molecular complexity index is 384. The lowest BCUT2D eigenvalue weighted by molar-refractivity contribution is -0.109. The van der Waals surface area contributed by atoms with Crippen molar-refractivity contribution in [3.05, 3.63) is 35.6 Å². The number of ether oxygens (including phenoxy) is 1. The largest absolute Gasteiger partial charge is 0.391 e. The number of aliphatic hydroxyl groups excluding tert-OH is 1. The van der Waals surface area contributed by atoms with Crippen LogP contribution in [-0.2, 0) is 11.2 Å². The molecule has 0 aliphatic rings. The minimum absolute atomic E-state index is 0.268. The van der Waals surface area contributed by atoms with Gasteiger partial charge in [-0.1, -0.05) is 12.1 Å². The van der Waals surface area contributed by atoms with E-state index in [0.717, 1.165) is 5.56 Å². The van der Waals surface area contributed by atoms with Crippen LogP contribution < -0.4 is 5.73 Å². The van der Waals surface area contributed by atoms with Crippen molar-refractivity contribution in [3.8, 4) is 0 Å². The maximum Gasteiger partial charge on any atom is 0.123 e. The second-order valence-corrected chi connectivity index (χ2v) is 5.02. The molecule has 1 aromatic rings. The predicted octanol–water partition coefficient (Wildman–Crippen LogP) is 1.87. The van der Waals surface area contributed by atoms with E-state index in [1.165, 1.54) is 12.1 Å². The molecule has 0 heterocycles. The van der Waals surface area contributed by atoms with E-state index in [4.69, 9.17) is 10.5 Å². The lowest BCUT2D eigenvalue weighted by Gasteiger charge is -2.33. The Kier molecular flexibility index (Phi) is 5.26. The van der Waals surface area contributed by atoms with Gasteiger partial charge in [0.05, 0.1) is 17.8 Å². The average molecular weight is 255 g/mol. The van der Waals surface area contributed by atoms with Gasteiger partial charge in [-0.2, -0.15) is 0 Å². The normalized spacial score (nSPS) is 18.1. The quantitative estimate of drug-likeness (QED) is 0.816. The van der Waals surface area contributed by atoms with E-state index in [2.05, 4.69) is 0 Å². The van der Waals surface area contributed by atoms with Crippen molar-refractivity contribution in [2.24, 2.45) is 5.73 Å². The maximum atomic E-state index is 13.1. The molecule has 0 aliphatic carbocycles. The molecular formula is C14H22FNO2. The molecular weight excluding hydrogens is 233 g/mol. The van der Waals surface area contributed by atoms with Gasteiger partial charge in [0.2, 0.25) is 0 Å². The molecule has 4 heteroatoms. The van der Waals surface area contributed by atoms with Gasteiger partial charge in [-0.05, 0) is 38.5 Å². The maximum absolute atomic E-state index is 13.1. The molecule has 3 N–H and O–H groups in total. The van der Waals surface area contributed by atoms with Gasteiger partial charge in [-0.3, -0.25) is 0 Å². The van der Waals surface area contributed by atoms with E-state index in [0.29, 0.717) is 13.0 Å². The van der Waals surface area contributed by atoms with Crippen molar-refractivity contribution in [1.82, 2.24) is 0 Å². The first-order chi connectivity index (χ1) is 8.36. The summed E-state index contributed by atoms with van der Waals surface area (Å²) in [5.74, 6) is -0.268. The van der Waals surface area contributed by atoms with E-state index in [1.807, 2.05) is 13.0 Å². The zero-order valence-electron chi connectivity index (χ0n) is 11.2. The first kappa shape index (κ1) is 15.1. The lowest BCUT2D eigenvalue weighted by Crippen LogP contribution is -2.44. The van der Waals surface area contributed by atoms with Crippen molar-refractivity contribution in [2.75, 3.05) is 6.54 Å². The Labute approximate surface area is 108 Å². The van der Waals surface area contributed by atoms with Crippen LogP contribution >= 0.6 is 0 Å². The van der Waals surface area contributed by atoms with E-state index >= 15 is 0 Å². The smallest absolute Gasteiger partial charge is 0.123 e. The van der Waals surface area contributed by atoms with Gasteiger partial charge >= 0.3 is 0 Å². The van der Waals surface area contributed by atoms with Crippen LogP contribution in [0.15, 0.2) is 24.3 Å². The molecule has 3 nitrogen and oxygen atoms in total. The zero-order valence-corrected chi connectivity index (χ0v) is 11.2. The molecule has 3 atom stereocenters. The molecule has 0 spiro atoms. The monoisotopic (exact) mass is 255 g/mol. The van der Waals surface area contributed by atoms with Gasteiger partial charge in [-0.25, -0.2) is 4.39 Å². The SMILES string of the molecule is CC(O)C(C)OC(C)(CN)Cc1cccc(F)c1. The summed E-state index contributed by atoms with van der Waals surface area (Å²) in [6, 6.07) is 6.39. The highest BCUT2D eigenvalue weighted by Crippen LogP contribution is 2.20. The fraction of sp³-hybridized carbons (Fsp3) is 0.571. The molecule has 0 saturated carbocycles. The first-order valence-electron chi connectivity index (χ1n) is 6.17. The summed E-state index contributed by atoms with van der Waals surface area (Å²) >= 11 is 0. The van der Waals surface area contributed by atoms with Gasteiger partial charge in [0.1, 0.15) is 5.82 Å². The molecule has 0 bridgehead atoms. The molecule has 1 aromatic carbocycles. The van der Waals surface area contributed by atoms with Crippen molar-refractivity contribution >= 4 is 0 Å². The van der Waals surface area contributed by atoms with E-state index in [1.54, 1.807) is 19.9 Å². The van der Waals surface area contributed by atoms with E-state index < -0.39 is 11.7 Å². The van der Waals surface area contributed by atoms with Crippen LogP contribution in [0, 0.1) is 5.82 Å². The topological polar surface area (TPSA) is 55.5 Å². The number of halogens is 1. The molecule has 0 aliphatic heterocycles. The summed E-state index contributed by atoms with van der Waals surface area (Å²) in [6.07, 6.45) is -0.367. The highest BCUT2D eigenvalue weighted by atomic mass is 19.1. The van der Waals surface area contributed by atoms with Crippen LogP contribution in [0.2, 0.25) is 0 Å². The van der Waals surface area contributed by atoms with Crippen LogP contribution in [0.3, 0.4) is 0 Å². The average Bonchev–Trinajstić information content (AvgIpc) is 2.28. The van der Waals surface area contributed by atoms with Crippen LogP contribution in [0.25, 0.3) is 0 Å². The third kappa shape index (κ3) is 4.37. The lowest BCUT2D eigenvalue weighted by atomic mass is 9.95. The summed E-state index contributed by atoms with van der Waals surface area (Å²) in [7, 11) is 0. The number of hydrogen-bond donors (Lipinski definition) is 2. The second kappa shape index (κ2) is 6.27. The molecule has 18 heavy (non-hydrogen) atoms. The summed E-state index contributed by atoms with van der Waals surface area (Å²) < 4.78 is 18.9. The van der Waals surface area contributed by atoms with E-state index in [9.17, 15) is 9.50 Å². The molecule has 1 rings (SSSR count). The third-order valence-corrected chi connectivity index (χ3v) is 3.05. The molecule has 3 unspecified atom stereocenters. The Morgan fingerprint density at radius 2 is 2.11 bits per heavy atom. The van der Waals surface area contributed by atoms with Gasteiger partial charge in [-0.15, -0.1) is 0 Å². The predicted molar refractivity (Wildman–Crippen MR) is 69.8 cm³/mol. The van der Waals surface area contributed by atoms with Crippen LogP contribution in [0.1, 0.15) is 26.3 Å². The minimum atomic E-state index is -0.607. The molecule has 0 fully saturated rings. The van der Waals surface area contributed by atoms with Crippen LogP contribution in [0.4, 0.5) is 4.39 Å². The van der Waals surface area contributed by atoms with Gasteiger partial charge in [0.25, 0.3) is 0 Å². The fourth-order valence-electron chi connectivity index (χ4n) is 1.79. The standard InChI is InChI=1S/C14H22FNO2/c1-10(17)11(2)18-14(3,9-16)8-12-5-4-6-13(15)7-12/h4-7,10-11,17H,8-9,16H2,1-3H3. The summed E-state index contributed by atoms with van der Waals surface area (Å²) in [5.41, 5.74) is 5.97. The summed E-state index contributed by atoms with van der Waals surface area (Å²) in [6.45, 7) is 5.64. The molecule has 0 saturated heterocycles. The van der Waals surface area contributed by atoms with Crippen molar-refractivity contribution in [1.29, 1.82) is 0 Å². The van der Waals surface area contributed by atoms with E-state index in [-0.39, 0.29) is 11.9 Å². The second-order valence-electron chi connectivity index (χ2n) is 5.02. The Morgan fingerprint density at radius 1 is 1.44 bits per heavy atom. The molecule has 0 amide bonds. The minimum Gasteiger partial charge on any atom is -0.391 e. The fourth-order valence-corrected chi connectivity index (χ4v) is 1.79. The summed E-state index contributed by atoms with van der Waals surface area (Å²) in [5, 5.41) is 9.46. The highest BCUT2D eigenvalue weighted by molar-refractivity contribution is 5.18. The Balaban J connectivity index is 2.76.